The molecule has 29 heavy (non-hydrogen) atoms. The van der Waals surface area contributed by atoms with Crippen LogP contribution >= 0.6 is 0 Å². The van der Waals surface area contributed by atoms with Crippen LogP contribution in [0, 0.1) is 6.92 Å². The minimum atomic E-state index is 0.686. The molecule has 4 rings (SSSR count). The monoisotopic (exact) mass is 380 g/mol. The topological polar surface area (TPSA) is 76.8 Å². The average Bonchev–Trinajstić information content (AvgIpc) is 2.75. The van der Waals surface area contributed by atoms with E-state index in [1.54, 1.807) is 37.2 Å². The molecule has 142 valence electrons. The Bertz CT molecular complexity index is 1120. The number of rotatable bonds is 5. The van der Waals surface area contributed by atoms with Crippen molar-refractivity contribution in [1.82, 2.24) is 25.1 Å². The Labute approximate surface area is 169 Å². The largest absolute Gasteiger partial charge is 0.261 e. The first-order valence-corrected chi connectivity index (χ1v) is 9.32. The van der Waals surface area contributed by atoms with Crippen LogP contribution in [0.3, 0.4) is 0 Å². The average molecular weight is 380 g/mol. The Hall–Kier alpha value is -3.80. The van der Waals surface area contributed by atoms with Gasteiger partial charge in [0.05, 0.1) is 24.3 Å². The van der Waals surface area contributed by atoms with Crippen LogP contribution < -0.4 is 0 Å². The molecule has 0 saturated carbocycles. The summed E-state index contributed by atoms with van der Waals surface area (Å²) in [5.74, 6) is 0.686. The zero-order valence-corrected chi connectivity index (χ0v) is 16.3. The highest BCUT2D eigenvalue weighted by atomic mass is 15.1. The molecule has 0 bridgehead atoms. The lowest BCUT2D eigenvalue weighted by Crippen LogP contribution is -1.99. The van der Waals surface area contributed by atoms with Crippen LogP contribution in [-0.4, -0.2) is 30.9 Å². The van der Waals surface area contributed by atoms with Crippen molar-refractivity contribution in [3.63, 3.8) is 0 Å². The molecule has 0 spiro atoms. The Morgan fingerprint density at radius 1 is 0.862 bits per heavy atom. The highest BCUT2D eigenvalue weighted by Crippen LogP contribution is 2.24. The number of pyridine rings is 1. The Kier molecular flexibility index (Phi) is 5.42. The van der Waals surface area contributed by atoms with E-state index < -0.39 is 0 Å². The third-order valence-electron chi connectivity index (χ3n) is 4.56. The van der Waals surface area contributed by atoms with E-state index in [1.807, 2.05) is 25.1 Å². The van der Waals surface area contributed by atoms with Crippen LogP contribution in [0.1, 0.15) is 18.1 Å². The fourth-order valence-electron chi connectivity index (χ4n) is 3.19. The number of aryl methyl sites for hydroxylation is 1. The van der Waals surface area contributed by atoms with Gasteiger partial charge in [-0.2, -0.15) is 10.2 Å². The lowest BCUT2D eigenvalue weighted by molar-refractivity contribution is 1.03. The van der Waals surface area contributed by atoms with E-state index in [9.17, 15) is 0 Å². The Balaban J connectivity index is 1.48. The summed E-state index contributed by atoms with van der Waals surface area (Å²) in [4.78, 5) is 17.5. The van der Waals surface area contributed by atoms with Gasteiger partial charge >= 0.3 is 0 Å². The fraction of sp³-hybridized carbons (Fsp3) is 0.130. The maximum absolute atomic E-state index is 4.65. The van der Waals surface area contributed by atoms with Gasteiger partial charge in [0.25, 0.3) is 0 Å². The van der Waals surface area contributed by atoms with Crippen molar-refractivity contribution in [3.8, 4) is 22.4 Å². The molecule has 0 aliphatic heterocycles. The summed E-state index contributed by atoms with van der Waals surface area (Å²) < 4.78 is 0. The molecule has 0 unspecified atom stereocenters. The molecule has 6 nitrogen and oxygen atoms in total. The lowest BCUT2D eigenvalue weighted by atomic mass is 9.98. The molecule has 3 heterocycles. The van der Waals surface area contributed by atoms with E-state index in [-0.39, 0.29) is 0 Å². The van der Waals surface area contributed by atoms with Crippen molar-refractivity contribution in [2.45, 2.75) is 20.3 Å². The van der Waals surface area contributed by atoms with E-state index in [2.05, 4.69) is 55.3 Å². The predicted octanol–water partition coefficient (Wildman–Crippen LogP) is 4.64. The number of nitrogens with zero attached hydrogens (tertiary/aromatic N) is 6. The summed E-state index contributed by atoms with van der Waals surface area (Å²) in [7, 11) is 0. The second-order valence-corrected chi connectivity index (χ2v) is 6.80. The molecule has 0 N–H and O–H groups in total. The zero-order valence-electron chi connectivity index (χ0n) is 16.3. The van der Waals surface area contributed by atoms with Gasteiger partial charge in [-0.15, -0.1) is 0 Å². The smallest absolute Gasteiger partial charge is 0.151 e. The lowest BCUT2D eigenvalue weighted by Gasteiger charge is -2.08. The number of aliphatic imine (C=N–C) groups is 1. The van der Waals surface area contributed by atoms with Gasteiger partial charge in [-0.05, 0) is 48.7 Å². The van der Waals surface area contributed by atoms with E-state index >= 15 is 0 Å². The third-order valence-corrected chi connectivity index (χ3v) is 4.56. The Morgan fingerprint density at radius 3 is 2.48 bits per heavy atom. The number of hydrogen-bond donors (Lipinski definition) is 0. The van der Waals surface area contributed by atoms with Gasteiger partial charge in [0.2, 0.25) is 0 Å². The maximum Gasteiger partial charge on any atom is 0.151 e. The zero-order chi connectivity index (χ0) is 20.1. The van der Waals surface area contributed by atoms with Crippen LogP contribution in [0.4, 0.5) is 5.82 Å². The fourth-order valence-corrected chi connectivity index (χ4v) is 3.19. The number of benzene rings is 1. The molecule has 0 amide bonds. The predicted molar refractivity (Wildman–Crippen MR) is 114 cm³/mol. The van der Waals surface area contributed by atoms with E-state index in [1.165, 1.54) is 16.7 Å². The molecule has 0 atom stereocenters. The second-order valence-electron chi connectivity index (χ2n) is 6.80. The van der Waals surface area contributed by atoms with Crippen LogP contribution in [0.15, 0.2) is 78.6 Å². The molecular weight excluding hydrogens is 360 g/mol. The maximum atomic E-state index is 4.65. The quantitative estimate of drug-likeness (QED) is 0.471. The molecule has 4 aromatic rings. The van der Waals surface area contributed by atoms with Gasteiger partial charge in [0.1, 0.15) is 0 Å². The molecule has 1 aromatic carbocycles. The van der Waals surface area contributed by atoms with Gasteiger partial charge < -0.3 is 0 Å². The highest BCUT2D eigenvalue weighted by molar-refractivity contribution is 5.86. The summed E-state index contributed by atoms with van der Waals surface area (Å²) in [5, 5.41) is 7.80. The van der Waals surface area contributed by atoms with E-state index in [4.69, 9.17) is 0 Å². The summed E-state index contributed by atoms with van der Waals surface area (Å²) >= 11 is 0. The second kappa shape index (κ2) is 8.48. The van der Waals surface area contributed by atoms with Crippen LogP contribution in [0.2, 0.25) is 0 Å². The van der Waals surface area contributed by atoms with Crippen molar-refractivity contribution in [2.24, 2.45) is 4.99 Å². The van der Waals surface area contributed by atoms with Crippen molar-refractivity contribution in [3.05, 3.63) is 84.7 Å². The molecule has 0 radical (unpaired) electrons. The minimum absolute atomic E-state index is 0.686. The molecule has 3 aromatic heterocycles. The minimum Gasteiger partial charge on any atom is -0.261 e. The molecular formula is C23H20N6. The van der Waals surface area contributed by atoms with Gasteiger partial charge in [-0.25, -0.2) is 9.98 Å². The highest BCUT2D eigenvalue weighted by Gasteiger charge is 2.05. The number of hydrogen-bond acceptors (Lipinski definition) is 6. The summed E-state index contributed by atoms with van der Waals surface area (Å²) in [5.41, 5.74) is 7.38. The summed E-state index contributed by atoms with van der Waals surface area (Å²) in [6, 6.07) is 12.3. The Morgan fingerprint density at radius 2 is 1.79 bits per heavy atom. The summed E-state index contributed by atoms with van der Waals surface area (Å²) in [6.45, 7) is 4.13. The van der Waals surface area contributed by atoms with Gasteiger partial charge in [-0.3, -0.25) is 9.97 Å². The van der Waals surface area contributed by atoms with Crippen LogP contribution in [-0.2, 0) is 6.42 Å². The van der Waals surface area contributed by atoms with E-state index in [0.717, 1.165) is 29.0 Å². The summed E-state index contributed by atoms with van der Waals surface area (Å²) in [6.07, 6.45) is 11.1. The van der Waals surface area contributed by atoms with Crippen LogP contribution in [0.5, 0.6) is 0 Å². The normalized spacial score (nSPS) is 11.4. The van der Waals surface area contributed by atoms with Crippen molar-refractivity contribution >= 4 is 11.5 Å². The number of aromatic nitrogens is 5. The van der Waals surface area contributed by atoms with Gasteiger partial charge in [-0.1, -0.05) is 18.2 Å². The molecule has 0 saturated heterocycles. The van der Waals surface area contributed by atoms with E-state index in [0.29, 0.717) is 5.82 Å². The first kappa shape index (κ1) is 18.6. The third kappa shape index (κ3) is 4.55. The first-order chi connectivity index (χ1) is 14.2. The van der Waals surface area contributed by atoms with Crippen molar-refractivity contribution < 1.29 is 0 Å². The van der Waals surface area contributed by atoms with Crippen LogP contribution in [0.25, 0.3) is 22.4 Å². The standard InChI is InChI=1S/C23H20N6/c1-16-11-18(3-5-21(16)19-7-8-27-28-14-19)12-17(2)29-23-6-4-20(13-26-23)22-15-24-9-10-25-22/h3-11,13-15H,12H2,1-2H3. The molecule has 0 aliphatic rings. The van der Waals surface area contributed by atoms with Crippen molar-refractivity contribution in [1.29, 1.82) is 0 Å². The molecule has 0 fully saturated rings. The van der Waals surface area contributed by atoms with Crippen molar-refractivity contribution in [2.75, 3.05) is 0 Å². The molecule has 0 aliphatic carbocycles. The van der Waals surface area contributed by atoms with Gasteiger partial charge in [0.15, 0.2) is 5.82 Å². The van der Waals surface area contributed by atoms with Gasteiger partial charge in [0, 0.05) is 41.8 Å². The SMILES string of the molecule is CC(Cc1ccc(-c2ccnnc2)c(C)c1)=Nc1ccc(-c2cnccn2)cn1. The molecule has 6 heteroatoms. The first-order valence-electron chi connectivity index (χ1n) is 9.32.